The number of rotatable bonds is 3. The van der Waals surface area contributed by atoms with Crippen molar-refractivity contribution < 1.29 is 9.32 Å². The summed E-state index contributed by atoms with van der Waals surface area (Å²) in [5.74, 6) is 0.792. The highest BCUT2D eigenvalue weighted by molar-refractivity contribution is 6.43. The molecule has 0 atom stereocenters. The third kappa shape index (κ3) is 3.35. The number of amides is 1. The number of hydrogen-bond donors (Lipinski definition) is 0. The minimum Gasteiger partial charge on any atom is -0.335 e. The monoisotopic (exact) mass is 368 g/mol. The number of hydrogen-bond acceptors (Lipinski definition) is 5. The van der Waals surface area contributed by atoms with Gasteiger partial charge in [-0.05, 0) is 12.1 Å². The molecule has 0 bridgehead atoms. The molecule has 1 fully saturated rings. The molecule has 1 saturated heterocycles. The molecule has 0 aliphatic carbocycles. The molecule has 0 N–H and O–H groups in total. The second-order valence-electron chi connectivity index (χ2n) is 5.97. The zero-order chi connectivity index (χ0) is 17.3. The molecule has 0 saturated carbocycles. The van der Waals surface area contributed by atoms with E-state index in [4.69, 9.17) is 27.7 Å². The Bertz CT molecular complexity index is 739. The first-order valence-electron chi connectivity index (χ1n) is 7.79. The van der Waals surface area contributed by atoms with Crippen molar-refractivity contribution in [3.05, 3.63) is 39.6 Å². The van der Waals surface area contributed by atoms with Gasteiger partial charge >= 0.3 is 6.01 Å². The van der Waals surface area contributed by atoms with Gasteiger partial charge in [-0.25, -0.2) is 0 Å². The molecule has 1 aromatic carbocycles. The average Bonchev–Trinajstić information content (AvgIpc) is 3.07. The Morgan fingerprint density at radius 3 is 2.54 bits per heavy atom. The van der Waals surface area contributed by atoms with E-state index in [9.17, 15) is 4.79 Å². The van der Waals surface area contributed by atoms with Crippen LogP contribution in [0.5, 0.6) is 0 Å². The van der Waals surface area contributed by atoms with Gasteiger partial charge < -0.3 is 14.3 Å². The van der Waals surface area contributed by atoms with Crippen LogP contribution in [0.2, 0.25) is 10.0 Å². The lowest BCUT2D eigenvalue weighted by Crippen LogP contribution is -2.49. The highest BCUT2D eigenvalue weighted by atomic mass is 35.5. The van der Waals surface area contributed by atoms with Gasteiger partial charge in [0.1, 0.15) is 0 Å². The van der Waals surface area contributed by atoms with Crippen LogP contribution in [0.1, 0.15) is 35.9 Å². The summed E-state index contributed by atoms with van der Waals surface area (Å²) in [6.07, 6.45) is 0. The van der Waals surface area contributed by atoms with E-state index in [0.717, 1.165) is 0 Å². The zero-order valence-electron chi connectivity index (χ0n) is 13.5. The van der Waals surface area contributed by atoms with E-state index in [1.54, 1.807) is 23.1 Å². The summed E-state index contributed by atoms with van der Waals surface area (Å²) in [7, 11) is 0. The fourth-order valence-corrected chi connectivity index (χ4v) is 2.91. The van der Waals surface area contributed by atoms with Gasteiger partial charge in [0.05, 0.1) is 15.6 Å². The lowest BCUT2D eigenvalue weighted by atomic mass is 10.2. The molecular weight excluding hydrogens is 351 g/mol. The molecule has 1 amide bonds. The normalized spacial score (nSPS) is 15.2. The van der Waals surface area contributed by atoms with Crippen molar-refractivity contribution in [2.45, 2.75) is 19.8 Å². The third-order valence-corrected chi connectivity index (χ3v) is 4.79. The second kappa shape index (κ2) is 6.99. The summed E-state index contributed by atoms with van der Waals surface area (Å²) in [5, 5.41) is 4.65. The van der Waals surface area contributed by atoms with Crippen LogP contribution >= 0.6 is 23.2 Å². The van der Waals surface area contributed by atoms with Gasteiger partial charge in [-0.15, -0.1) is 0 Å². The minimum absolute atomic E-state index is 0.115. The van der Waals surface area contributed by atoms with Crippen LogP contribution in [0.4, 0.5) is 6.01 Å². The molecule has 3 rings (SSSR count). The number of halogens is 2. The Morgan fingerprint density at radius 2 is 1.92 bits per heavy atom. The average molecular weight is 369 g/mol. The van der Waals surface area contributed by atoms with Crippen LogP contribution in [-0.2, 0) is 0 Å². The van der Waals surface area contributed by atoms with E-state index in [1.807, 2.05) is 18.7 Å². The molecule has 1 aliphatic heterocycles. The topological polar surface area (TPSA) is 62.5 Å². The molecule has 0 spiro atoms. The maximum Gasteiger partial charge on any atom is 0.324 e. The number of nitrogens with zero attached hydrogens (tertiary/aromatic N) is 4. The maximum absolute atomic E-state index is 12.6. The van der Waals surface area contributed by atoms with E-state index >= 15 is 0 Å². The summed E-state index contributed by atoms with van der Waals surface area (Å²) >= 11 is 12.1. The molecule has 1 aliphatic rings. The van der Waals surface area contributed by atoms with Crippen molar-refractivity contribution in [1.82, 2.24) is 15.0 Å². The first kappa shape index (κ1) is 17.0. The van der Waals surface area contributed by atoms with Gasteiger partial charge in [0.25, 0.3) is 5.91 Å². The molecule has 24 heavy (non-hydrogen) atoms. The minimum atomic E-state index is -0.115. The molecule has 128 valence electrons. The fourth-order valence-electron chi connectivity index (χ4n) is 2.53. The van der Waals surface area contributed by atoms with Crippen LogP contribution in [0.25, 0.3) is 0 Å². The van der Waals surface area contributed by atoms with Crippen LogP contribution in [0.15, 0.2) is 22.7 Å². The molecule has 1 aromatic heterocycles. The van der Waals surface area contributed by atoms with Crippen molar-refractivity contribution >= 4 is 35.1 Å². The standard InChI is InChI=1S/C16H18Cl2N4O2/c1-10(2)14-19-16(24-20-14)22-8-6-21(7-9-22)15(23)11-4-3-5-12(17)13(11)18/h3-5,10H,6-9H2,1-2H3. The number of carbonyl (C=O) groups excluding carboxylic acids is 1. The Morgan fingerprint density at radius 1 is 1.21 bits per heavy atom. The molecule has 2 heterocycles. The lowest BCUT2D eigenvalue weighted by molar-refractivity contribution is 0.0744. The number of anilines is 1. The van der Waals surface area contributed by atoms with E-state index < -0.39 is 0 Å². The van der Waals surface area contributed by atoms with Crippen molar-refractivity contribution in [2.75, 3.05) is 31.1 Å². The van der Waals surface area contributed by atoms with E-state index in [2.05, 4.69) is 10.1 Å². The summed E-state index contributed by atoms with van der Waals surface area (Å²) < 4.78 is 5.30. The van der Waals surface area contributed by atoms with E-state index in [1.165, 1.54) is 0 Å². The first-order valence-corrected chi connectivity index (χ1v) is 8.55. The fraction of sp³-hybridized carbons (Fsp3) is 0.438. The van der Waals surface area contributed by atoms with Gasteiger partial charge in [-0.3, -0.25) is 4.79 Å². The highest BCUT2D eigenvalue weighted by Crippen LogP contribution is 2.27. The van der Waals surface area contributed by atoms with Crippen molar-refractivity contribution in [1.29, 1.82) is 0 Å². The predicted molar refractivity (Wildman–Crippen MR) is 93.0 cm³/mol. The van der Waals surface area contributed by atoms with Gasteiger partial charge in [-0.2, -0.15) is 4.98 Å². The molecule has 0 unspecified atom stereocenters. The third-order valence-electron chi connectivity index (χ3n) is 3.97. The number of carbonyl (C=O) groups is 1. The Balaban J connectivity index is 1.66. The highest BCUT2D eigenvalue weighted by Gasteiger charge is 2.26. The predicted octanol–water partition coefficient (Wildman–Crippen LogP) is 3.46. The molecular formula is C16H18Cl2N4O2. The quantitative estimate of drug-likeness (QED) is 0.829. The summed E-state index contributed by atoms with van der Waals surface area (Å²) in [4.78, 5) is 20.8. The van der Waals surface area contributed by atoms with Crippen molar-refractivity contribution in [3.8, 4) is 0 Å². The van der Waals surface area contributed by atoms with Gasteiger partial charge in [0.2, 0.25) is 0 Å². The number of piperazine rings is 1. The molecule has 6 nitrogen and oxygen atoms in total. The number of aromatic nitrogens is 2. The largest absolute Gasteiger partial charge is 0.335 e. The van der Waals surface area contributed by atoms with Crippen molar-refractivity contribution in [2.24, 2.45) is 0 Å². The Hall–Kier alpha value is -1.79. The Kier molecular flexibility index (Phi) is 4.96. The molecule has 2 aromatic rings. The summed E-state index contributed by atoms with van der Waals surface area (Å²) in [6.45, 7) is 6.40. The zero-order valence-corrected chi connectivity index (χ0v) is 15.0. The van der Waals surface area contributed by atoms with Crippen molar-refractivity contribution in [3.63, 3.8) is 0 Å². The van der Waals surface area contributed by atoms with Crippen LogP contribution < -0.4 is 4.90 Å². The van der Waals surface area contributed by atoms with E-state index in [0.29, 0.717) is 53.6 Å². The summed E-state index contributed by atoms with van der Waals surface area (Å²) in [5.41, 5.74) is 0.428. The van der Waals surface area contributed by atoms with Crippen LogP contribution in [0, 0.1) is 0 Å². The summed E-state index contributed by atoms with van der Waals surface area (Å²) in [6, 6.07) is 5.59. The lowest BCUT2D eigenvalue weighted by Gasteiger charge is -2.33. The van der Waals surface area contributed by atoms with Crippen LogP contribution in [-0.4, -0.2) is 47.1 Å². The van der Waals surface area contributed by atoms with Gasteiger partial charge in [0.15, 0.2) is 5.82 Å². The first-order chi connectivity index (χ1) is 11.5. The molecule has 0 radical (unpaired) electrons. The SMILES string of the molecule is CC(C)c1noc(N2CCN(C(=O)c3cccc(Cl)c3Cl)CC2)n1. The number of benzene rings is 1. The van der Waals surface area contributed by atoms with E-state index in [-0.39, 0.29) is 11.8 Å². The van der Waals surface area contributed by atoms with Gasteiger partial charge in [-0.1, -0.05) is 48.3 Å². The van der Waals surface area contributed by atoms with Gasteiger partial charge in [0, 0.05) is 32.1 Å². The smallest absolute Gasteiger partial charge is 0.324 e. The Labute approximate surface area is 150 Å². The second-order valence-corrected chi connectivity index (χ2v) is 6.76. The molecule has 8 heteroatoms. The van der Waals surface area contributed by atoms with Crippen LogP contribution in [0.3, 0.4) is 0 Å². The maximum atomic E-state index is 12.6.